The van der Waals surface area contributed by atoms with Crippen LogP contribution >= 0.6 is 0 Å². The smallest absolute Gasteiger partial charge is 0.356 e. The molecule has 0 unspecified atom stereocenters. The number of ether oxygens (including phenoxy) is 1. The summed E-state index contributed by atoms with van der Waals surface area (Å²) in [6, 6.07) is 6.10. The SMILES string of the molecule is COc1ccc2c(c1)n(O)c(C#N)c(N)[n+]2=O. The maximum atomic E-state index is 11.7. The summed E-state index contributed by atoms with van der Waals surface area (Å²) in [4.78, 5) is 11.7. The van der Waals surface area contributed by atoms with Crippen molar-refractivity contribution in [1.82, 2.24) is 4.73 Å². The van der Waals surface area contributed by atoms with Crippen LogP contribution in [0.2, 0.25) is 0 Å². The number of nitrogens with two attached hydrogens (primary N) is 1. The molecule has 0 amide bonds. The molecule has 0 saturated heterocycles. The minimum Gasteiger partial charge on any atom is -0.497 e. The standard InChI is InChI=1S/C10H9N4O3/c1-17-6-2-3-7-8(4-6)13(15)9(5-11)10(12)14(7)16/h2-4,15H,12H2,1H3/q+1. The highest BCUT2D eigenvalue weighted by Gasteiger charge is 2.20. The van der Waals surface area contributed by atoms with Crippen LogP contribution in [0.15, 0.2) is 18.2 Å². The Morgan fingerprint density at radius 3 is 2.88 bits per heavy atom. The summed E-state index contributed by atoms with van der Waals surface area (Å²) in [5.41, 5.74) is 5.41. The lowest BCUT2D eigenvalue weighted by Crippen LogP contribution is -2.26. The van der Waals surface area contributed by atoms with E-state index in [1.807, 2.05) is 0 Å². The van der Waals surface area contributed by atoms with Crippen molar-refractivity contribution in [3.05, 3.63) is 28.8 Å². The van der Waals surface area contributed by atoms with Crippen molar-refractivity contribution in [3.8, 4) is 11.8 Å². The Hall–Kier alpha value is -2.75. The number of rotatable bonds is 1. The van der Waals surface area contributed by atoms with E-state index in [-0.39, 0.29) is 22.5 Å². The highest BCUT2D eigenvalue weighted by molar-refractivity contribution is 5.75. The number of nitriles is 1. The van der Waals surface area contributed by atoms with Gasteiger partial charge in [0, 0.05) is 10.5 Å². The lowest BCUT2D eigenvalue weighted by Gasteiger charge is -2.05. The second kappa shape index (κ2) is 3.68. The first-order valence-electron chi connectivity index (χ1n) is 4.64. The van der Waals surface area contributed by atoms with Crippen LogP contribution in [0.3, 0.4) is 0 Å². The lowest BCUT2D eigenvalue weighted by molar-refractivity contribution is -0.448. The van der Waals surface area contributed by atoms with E-state index in [1.54, 1.807) is 12.1 Å². The Kier molecular flexibility index (Phi) is 2.33. The van der Waals surface area contributed by atoms with Crippen LogP contribution in [0.25, 0.3) is 11.0 Å². The first-order chi connectivity index (χ1) is 8.10. The fourth-order valence-electron chi connectivity index (χ4n) is 1.53. The fourth-order valence-corrected chi connectivity index (χ4v) is 1.53. The molecule has 1 heterocycles. The van der Waals surface area contributed by atoms with E-state index in [1.165, 1.54) is 19.2 Å². The van der Waals surface area contributed by atoms with E-state index >= 15 is 0 Å². The van der Waals surface area contributed by atoms with Crippen LogP contribution in [0.5, 0.6) is 5.75 Å². The molecule has 0 aliphatic carbocycles. The van der Waals surface area contributed by atoms with E-state index in [4.69, 9.17) is 15.7 Å². The molecule has 0 fully saturated rings. The van der Waals surface area contributed by atoms with Crippen LogP contribution in [-0.2, 0) is 0 Å². The number of nitrogen functional groups attached to an aromatic ring is 1. The van der Waals surface area contributed by atoms with Gasteiger partial charge in [-0.25, -0.2) is 0 Å². The van der Waals surface area contributed by atoms with E-state index < -0.39 is 0 Å². The number of fused-ring (bicyclic) bond motifs is 1. The molecular weight excluding hydrogens is 224 g/mol. The van der Waals surface area contributed by atoms with E-state index in [0.29, 0.717) is 14.9 Å². The summed E-state index contributed by atoms with van der Waals surface area (Å²) in [5, 5.41) is 18.6. The molecule has 0 radical (unpaired) electrons. The summed E-state index contributed by atoms with van der Waals surface area (Å²) >= 11 is 0. The van der Waals surface area contributed by atoms with Crippen molar-refractivity contribution in [1.29, 1.82) is 5.26 Å². The molecule has 17 heavy (non-hydrogen) atoms. The van der Waals surface area contributed by atoms with Gasteiger partial charge in [-0.15, -0.1) is 0 Å². The van der Waals surface area contributed by atoms with Gasteiger partial charge in [0.15, 0.2) is 0 Å². The third kappa shape index (κ3) is 1.43. The molecule has 1 aromatic carbocycles. The quantitative estimate of drug-likeness (QED) is 0.542. The van der Waals surface area contributed by atoms with Crippen molar-refractivity contribution in [2.75, 3.05) is 12.8 Å². The van der Waals surface area contributed by atoms with E-state index in [9.17, 15) is 10.1 Å². The maximum absolute atomic E-state index is 11.7. The van der Waals surface area contributed by atoms with Gasteiger partial charge >= 0.3 is 5.82 Å². The number of anilines is 1. The zero-order valence-electron chi connectivity index (χ0n) is 8.91. The molecular formula is C10H9N4O3+. The number of aromatic nitrogens is 2. The van der Waals surface area contributed by atoms with Crippen LogP contribution in [-0.4, -0.2) is 17.0 Å². The Balaban J connectivity index is 3.00. The van der Waals surface area contributed by atoms with Crippen molar-refractivity contribution >= 4 is 16.9 Å². The zero-order valence-corrected chi connectivity index (χ0v) is 8.91. The molecule has 7 nitrogen and oxygen atoms in total. The highest BCUT2D eigenvalue weighted by Crippen LogP contribution is 2.19. The average molecular weight is 233 g/mol. The lowest BCUT2D eigenvalue weighted by atomic mass is 10.2. The van der Waals surface area contributed by atoms with Gasteiger partial charge < -0.3 is 9.94 Å². The van der Waals surface area contributed by atoms with Crippen LogP contribution in [0.1, 0.15) is 5.69 Å². The Morgan fingerprint density at radius 2 is 2.29 bits per heavy atom. The molecule has 0 bridgehead atoms. The van der Waals surface area contributed by atoms with Gasteiger partial charge in [0.05, 0.1) is 7.11 Å². The number of nitrogens with zero attached hydrogens (tertiary/aromatic N) is 3. The number of methoxy groups -OCH3 is 1. The molecule has 86 valence electrons. The molecule has 1 aromatic heterocycles. The Morgan fingerprint density at radius 1 is 1.59 bits per heavy atom. The average Bonchev–Trinajstić information content (AvgIpc) is 2.36. The van der Waals surface area contributed by atoms with Crippen molar-refractivity contribution in [3.63, 3.8) is 0 Å². The predicted octanol–water partition coefficient (Wildman–Crippen LogP) is 0.256. The summed E-state index contributed by atoms with van der Waals surface area (Å²) in [6.45, 7) is 0. The minimum absolute atomic E-state index is 0.143. The van der Waals surface area contributed by atoms with Crippen LogP contribution < -0.4 is 14.9 Å². The second-order valence-corrected chi connectivity index (χ2v) is 3.31. The number of hydrogen-bond acceptors (Lipinski definition) is 5. The van der Waals surface area contributed by atoms with Crippen molar-refractivity contribution in [2.24, 2.45) is 0 Å². The topological polar surface area (TPSA) is 107 Å². The molecule has 7 heteroatoms. The Labute approximate surface area is 95.4 Å². The maximum Gasteiger partial charge on any atom is 0.356 e. The highest BCUT2D eigenvalue weighted by atomic mass is 16.5. The largest absolute Gasteiger partial charge is 0.497 e. The summed E-state index contributed by atoms with van der Waals surface area (Å²) < 4.78 is 5.93. The van der Waals surface area contributed by atoms with Gasteiger partial charge in [0.25, 0.3) is 0 Å². The Bertz CT molecular complexity index is 699. The summed E-state index contributed by atoms with van der Waals surface area (Å²) in [7, 11) is 1.45. The van der Waals surface area contributed by atoms with Gasteiger partial charge in [-0.3, -0.25) is 5.73 Å². The van der Waals surface area contributed by atoms with E-state index in [2.05, 4.69) is 0 Å². The monoisotopic (exact) mass is 233 g/mol. The summed E-state index contributed by atoms with van der Waals surface area (Å²) in [5.74, 6) is 0.0987. The molecule has 3 N–H and O–H groups in total. The van der Waals surface area contributed by atoms with Crippen LogP contribution in [0.4, 0.5) is 5.82 Å². The first-order valence-corrected chi connectivity index (χ1v) is 4.64. The third-order valence-electron chi connectivity index (χ3n) is 2.41. The van der Waals surface area contributed by atoms with Gasteiger partial charge in [-0.1, -0.05) is 4.91 Å². The first kappa shape index (κ1) is 10.8. The zero-order chi connectivity index (χ0) is 12.6. The van der Waals surface area contributed by atoms with Crippen LogP contribution in [0, 0.1) is 16.2 Å². The molecule has 2 aromatic rings. The van der Waals surface area contributed by atoms with E-state index in [0.717, 1.165) is 0 Å². The van der Waals surface area contributed by atoms with Gasteiger partial charge in [0.2, 0.25) is 11.2 Å². The number of benzene rings is 1. The fraction of sp³-hybridized carbons (Fsp3) is 0.100. The minimum atomic E-state index is -0.354. The number of hydrogen-bond donors (Lipinski definition) is 2. The molecule has 0 atom stereocenters. The molecule has 0 aliphatic rings. The summed E-state index contributed by atoms with van der Waals surface area (Å²) in [6.07, 6.45) is 0. The molecule has 2 rings (SSSR count). The normalized spacial score (nSPS) is 10.1. The molecule has 0 spiro atoms. The van der Waals surface area contributed by atoms with Gasteiger partial charge in [-0.2, -0.15) is 9.99 Å². The van der Waals surface area contributed by atoms with Gasteiger partial charge in [-0.05, 0) is 12.1 Å². The van der Waals surface area contributed by atoms with Crippen molar-refractivity contribution in [2.45, 2.75) is 0 Å². The predicted molar refractivity (Wildman–Crippen MR) is 58.2 cm³/mol. The van der Waals surface area contributed by atoms with Crippen molar-refractivity contribution < 1.29 is 14.4 Å². The van der Waals surface area contributed by atoms with Gasteiger partial charge in [0.1, 0.15) is 17.3 Å². The molecule has 0 saturated carbocycles. The second-order valence-electron chi connectivity index (χ2n) is 3.31. The molecule has 0 aliphatic heterocycles. The third-order valence-corrected chi connectivity index (χ3v) is 2.41.